The third-order valence-electron chi connectivity index (χ3n) is 4.29. The van der Waals surface area contributed by atoms with E-state index in [1.165, 1.54) is 25.3 Å². The highest BCUT2D eigenvalue weighted by Crippen LogP contribution is 2.25. The predicted molar refractivity (Wildman–Crippen MR) is 121 cm³/mol. The molecule has 0 fully saturated rings. The molecule has 0 aromatic heterocycles. The summed E-state index contributed by atoms with van der Waals surface area (Å²) < 4.78 is 38.5. The van der Waals surface area contributed by atoms with Gasteiger partial charge in [-0.05, 0) is 67.1 Å². The Bertz CT molecular complexity index is 1180. The zero-order chi connectivity index (χ0) is 22.4. The summed E-state index contributed by atoms with van der Waals surface area (Å²) in [4.78, 5) is 12.3. The quantitative estimate of drug-likeness (QED) is 0.517. The second kappa shape index (κ2) is 9.72. The van der Waals surface area contributed by atoms with E-state index in [0.717, 1.165) is 0 Å². The molecule has 0 heterocycles. The number of ether oxygens (including phenoxy) is 2. The van der Waals surface area contributed by atoms with Crippen LogP contribution in [0.15, 0.2) is 71.6 Å². The fraction of sp³-hybridized carbons (Fsp3) is 0.136. The lowest BCUT2D eigenvalue weighted by atomic mass is 10.2. The van der Waals surface area contributed by atoms with E-state index in [9.17, 15) is 13.2 Å². The van der Waals surface area contributed by atoms with E-state index in [1.54, 1.807) is 55.5 Å². The molecule has 0 atom stereocenters. The van der Waals surface area contributed by atoms with Gasteiger partial charge >= 0.3 is 0 Å². The maximum absolute atomic E-state index is 12.6. The van der Waals surface area contributed by atoms with Crippen LogP contribution in [-0.2, 0) is 14.8 Å². The van der Waals surface area contributed by atoms with Gasteiger partial charge in [0.15, 0.2) is 6.61 Å². The number of amides is 1. The predicted octanol–water partition coefficient (Wildman–Crippen LogP) is 4.48. The van der Waals surface area contributed by atoms with Gasteiger partial charge in [0.05, 0.1) is 17.7 Å². The first-order valence-corrected chi connectivity index (χ1v) is 11.1. The summed E-state index contributed by atoms with van der Waals surface area (Å²) in [5.74, 6) is 0.570. The summed E-state index contributed by atoms with van der Waals surface area (Å²) in [5, 5.41) is 3.22. The first-order valence-electron chi connectivity index (χ1n) is 9.23. The van der Waals surface area contributed by atoms with Gasteiger partial charge in [-0.25, -0.2) is 8.42 Å². The molecule has 0 aliphatic carbocycles. The van der Waals surface area contributed by atoms with Gasteiger partial charge in [-0.3, -0.25) is 9.52 Å². The van der Waals surface area contributed by atoms with Crippen LogP contribution < -0.4 is 19.5 Å². The molecule has 1 amide bonds. The van der Waals surface area contributed by atoms with Crippen molar-refractivity contribution in [3.8, 4) is 11.5 Å². The summed E-state index contributed by atoms with van der Waals surface area (Å²) in [6.07, 6.45) is 0. The van der Waals surface area contributed by atoms with Crippen LogP contribution in [0.1, 0.15) is 5.56 Å². The lowest BCUT2D eigenvalue weighted by molar-refractivity contribution is -0.118. The van der Waals surface area contributed by atoms with Crippen LogP contribution in [0.3, 0.4) is 0 Å². The lowest BCUT2D eigenvalue weighted by Crippen LogP contribution is -2.21. The number of sulfonamides is 1. The smallest absolute Gasteiger partial charge is 0.262 e. The fourth-order valence-corrected chi connectivity index (χ4v) is 4.03. The number of nitrogens with one attached hydrogen (secondary N) is 2. The van der Waals surface area contributed by atoms with Crippen molar-refractivity contribution in [3.63, 3.8) is 0 Å². The second-order valence-electron chi connectivity index (χ2n) is 6.58. The van der Waals surface area contributed by atoms with E-state index in [0.29, 0.717) is 33.5 Å². The fourth-order valence-electron chi connectivity index (χ4n) is 2.76. The highest BCUT2D eigenvalue weighted by atomic mass is 35.5. The highest BCUT2D eigenvalue weighted by Gasteiger charge is 2.16. The summed E-state index contributed by atoms with van der Waals surface area (Å²) in [7, 11) is -2.27. The zero-order valence-electron chi connectivity index (χ0n) is 16.9. The Morgan fingerprint density at radius 1 is 1.00 bits per heavy atom. The highest BCUT2D eigenvalue weighted by molar-refractivity contribution is 7.92. The topological polar surface area (TPSA) is 93.7 Å². The molecule has 3 aromatic carbocycles. The molecule has 162 valence electrons. The summed E-state index contributed by atoms with van der Waals surface area (Å²) in [6.45, 7) is 1.46. The molecule has 3 aromatic rings. The van der Waals surface area contributed by atoms with Gasteiger partial charge < -0.3 is 14.8 Å². The van der Waals surface area contributed by atoms with Gasteiger partial charge in [0.1, 0.15) is 11.5 Å². The summed E-state index contributed by atoms with van der Waals surface area (Å²) in [5.41, 5.74) is 1.50. The molecule has 0 spiro atoms. The Morgan fingerprint density at radius 3 is 2.39 bits per heavy atom. The number of anilines is 2. The lowest BCUT2D eigenvalue weighted by Gasteiger charge is -2.13. The molecular formula is C22H21ClN2O5S. The summed E-state index contributed by atoms with van der Waals surface area (Å²) >= 11 is 5.82. The van der Waals surface area contributed by atoms with Gasteiger partial charge in [0.25, 0.3) is 15.9 Å². The third kappa shape index (κ3) is 5.90. The van der Waals surface area contributed by atoms with Crippen molar-refractivity contribution in [1.29, 1.82) is 0 Å². The number of rotatable bonds is 8. The van der Waals surface area contributed by atoms with Crippen LogP contribution in [0, 0.1) is 6.92 Å². The normalized spacial score (nSPS) is 10.9. The van der Waals surface area contributed by atoms with Gasteiger partial charge in [0.2, 0.25) is 0 Å². The Balaban J connectivity index is 1.65. The average Bonchev–Trinajstić information content (AvgIpc) is 2.74. The SMILES string of the molecule is COc1ccccc1NC(=O)COc1ccc(S(=O)(=O)Nc2ccc(Cl)cc2)cc1C. The number of halogens is 1. The number of carbonyl (C=O) groups is 1. The van der Waals surface area contributed by atoms with Crippen LogP contribution in [0.5, 0.6) is 11.5 Å². The molecule has 0 saturated carbocycles. The van der Waals surface area contributed by atoms with Crippen LogP contribution in [0.2, 0.25) is 5.02 Å². The van der Waals surface area contributed by atoms with Crippen molar-refractivity contribution in [2.75, 3.05) is 23.8 Å². The number of hydrogen-bond acceptors (Lipinski definition) is 5. The number of para-hydroxylation sites is 2. The van der Waals surface area contributed by atoms with Crippen LogP contribution in [-0.4, -0.2) is 28.0 Å². The number of carbonyl (C=O) groups excluding carboxylic acids is 1. The average molecular weight is 461 g/mol. The van der Waals surface area contributed by atoms with Crippen LogP contribution >= 0.6 is 11.6 Å². The van der Waals surface area contributed by atoms with E-state index in [4.69, 9.17) is 21.1 Å². The van der Waals surface area contributed by atoms with E-state index < -0.39 is 10.0 Å². The van der Waals surface area contributed by atoms with E-state index in [2.05, 4.69) is 10.0 Å². The Morgan fingerprint density at radius 2 is 1.71 bits per heavy atom. The molecule has 0 unspecified atom stereocenters. The molecule has 3 rings (SSSR count). The molecule has 0 aliphatic rings. The zero-order valence-corrected chi connectivity index (χ0v) is 18.5. The summed E-state index contributed by atoms with van der Waals surface area (Å²) in [6, 6.07) is 17.8. The Labute approximate surface area is 186 Å². The number of benzene rings is 3. The molecule has 0 radical (unpaired) electrons. The van der Waals surface area contributed by atoms with Crippen molar-refractivity contribution in [2.24, 2.45) is 0 Å². The van der Waals surface area contributed by atoms with Gasteiger partial charge in [-0.2, -0.15) is 0 Å². The monoisotopic (exact) mass is 460 g/mol. The molecule has 31 heavy (non-hydrogen) atoms. The minimum absolute atomic E-state index is 0.0748. The number of methoxy groups -OCH3 is 1. The first-order chi connectivity index (χ1) is 14.8. The van der Waals surface area contributed by atoms with Crippen LogP contribution in [0.25, 0.3) is 0 Å². The van der Waals surface area contributed by atoms with Gasteiger partial charge in [-0.15, -0.1) is 0 Å². The van der Waals surface area contributed by atoms with E-state index in [1.807, 2.05) is 0 Å². The van der Waals surface area contributed by atoms with Crippen molar-refractivity contribution < 1.29 is 22.7 Å². The maximum Gasteiger partial charge on any atom is 0.262 e. The largest absolute Gasteiger partial charge is 0.495 e. The molecular weight excluding hydrogens is 440 g/mol. The number of aryl methyl sites for hydroxylation is 1. The standard InChI is InChI=1S/C22H21ClN2O5S/c1-15-13-18(31(27,28)25-17-9-7-16(23)8-10-17)11-12-20(15)30-14-22(26)24-19-5-3-4-6-21(19)29-2/h3-13,25H,14H2,1-2H3,(H,24,26). The first kappa shape index (κ1) is 22.5. The Hall–Kier alpha value is -3.23. The molecule has 9 heteroatoms. The van der Waals surface area contributed by atoms with E-state index >= 15 is 0 Å². The van der Waals surface area contributed by atoms with Crippen molar-refractivity contribution in [1.82, 2.24) is 0 Å². The second-order valence-corrected chi connectivity index (χ2v) is 8.70. The molecule has 2 N–H and O–H groups in total. The molecule has 0 saturated heterocycles. The van der Waals surface area contributed by atoms with Gasteiger partial charge in [-0.1, -0.05) is 23.7 Å². The van der Waals surface area contributed by atoms with Crippen molar-refractivity contribution in [3.05, 3.63) is 77.3 Å². The third-order valence-corrected chi connectivity index (χ3v) is 5.92. The maximum atomic E-state index is 12.6. The minimum Gasteiger partial charge on any atom is -0.495 e. The van der Waals surface area contributed by atoms with E-state index in [-0.39, 0.29) is 17.4 Å². The van der Waals surface area contributed by atoms with Crippen molar-refractivity contribution >= 4 is 38.9 Å². The molecule has 0 bridgehead atoms. The van der Waals surface area contributed by atoms with Gasteiger partial charge in [0, 0.05) is 10.7 Å². The van der Waals surface area contributed by atoms with Crippen molar-refractivity contribution in [2.45, 2.75) is 11.8 Å². The Kier molecular flexibility index (Phi) is 7.04. The molecule has 7 nitrogen and oxygen atoms in total. The van der Waals surface area contributed by atoms with Crippen LogP contribution in [0.4, 0.5) is 11.4 Å². The molecule has 0 aliphatic heterocycles. The number of hydrogen-bond donors (Lipinski definition) is 2. The minimum atomic E-state index is -3.79.